The first-order valence-corrected chi connectivity index (χ1v) is 8.81. The van der Waals surface area contributed by atoms with Crippen molar-refractivity contribution in [1.29, 1.82) is 0 Å². The zero-order valence-electron chi connectivity index (χ0n) is 15.0. The van der Waals surface area contributed by atoms with E-state index in [1.807, 2.05) is 12.1 Å². The van der Waals surface area contributed by atoms with E-state index in [2.05, 4.69) is 22.3 Å². The van der Waals surface area contributed by atoms with Gasteiger partial charge in [0.1, 0.15) is 11.6 Å². The lowest BCUT2D eigenvalue weighted by Crippen LogP contribution is -2.50. The number of nitrogens with zero attached hydrogens (tertiary/aromatic N) is 2. The summed E-state index contributed by atoms with van der Waals surface area (Å²) >= 11 is 0. The number of nitrogens with one attached hydrogen (secondary N) is 1. The van der Waals surface area contributed by atoms with Crippen molar-refractivity contribution < 1.29 is 13.9 Å². The van der Waals surface area contributed by atoms with Crippen LogP contribution < -0.4 is 10.1 Å². The molecule has 1 aliphatic heterocycles. The summed E-state index contributed by atoms with van der Waals surface area (Å²) in [6.45, 7) is 3.95. The van der Waals surface area contributed by atoms with Crippen LogP contribution in [0.15, 0.2) is 48.5 Å². The molecule has 3 rings (SSSR count). The third kappa shape index (κ3) is 4.95. The number of carbonyl (C=O) groups excluding carboxylic acids is 1. The Morgan fingerprint density at radius 2 is 1.88 bits per heavy atom. The van der Waals surface area contributed by atoms with E-state index in [1.165, 1.54) is 17.7 Å². The molecule has 0 radical (unpaired) electrons. The molecular formula is C20H24FN3O2. The maximum Gasteiger partial charge on any atom is 0.321 e. The molecule has 6 heteroatoms. The number of amides is 2. The fourth-order valence-corrected chi connectivity index (χ4v) is 3.06. The highest BCUT2D eigenvalue weighted by molar-refractivity contribution is 5.89. The smallest absolute Gasteiger partial charge is 0.321 e. The van der Waals surface area contributed by atoms with E-state index < -0.39 is 0 Å². The molecule has 0 aliphatic carbocycles. The van der Waals surface area contributed by atoms with Crippen molar-refractivity contribution >= 4 is 11.7 Å². The van der Waals surface area contributed by atoms with Gasteiger partial charge in [-0.05, 0) is 42.3 Å². The molecule has 0 bridgehead atoms. The van der Waals surface area contributed by atoms with Crippen LogP contribution in [-0.2, 0) is 6.42 Å². The number of halogens is 1. The largest absolute Gasteiger partial charge is 0.497 e. The highest BCUT2D eigenvalue weighted by atomic mass is 19.1. The molecule has 26 heavy (non-hydrogen) atoms. The molecule has 2 aromatic carbocycles. The number of ether oxygens (including phenoxy) is 1. The lowest BCUT2D eigenvalue weighted by molar-refractivity contribution is 0.148. The summed E-state index contributed by atoms with van der Waals surface area (Å²) in [4.78, 5) is 16.4. The van der Waals surface area contributed by atoms with E-state index in [1.54, 1.807) is 24.1 Å². The summed E-state index contributed by atoms with van der Waals surface area (Å²) < 4.78 is 18.5. The molecule has 1 N–H and O–H groups in total. The number of hydrogen-bond acceptors (Lipinski definition) is 3. The zero-order chi connectivity index (χ0) is 18.4. The lowest BCUT2D eigenvalue weighted by atomic mass is 10.1. The standard InChI is InChI=1S/C20H24FN3O2/c1-26-19-7-2-4-16(14-19)8-9-23-10-12-24(13-11-23)20(25)22-18-6-3-5-17(21)15-18/h2-7,14-15H,8-13H2,1H3,(H,22,25). The van der Waals surface area contributed by atoms with Crippen molar-refractivity contribution in [2.75, 3.05) is 45.2 Å². The van der Waals surface area contributed by atoms with E-state index in [4.69, 9.17) is 4.74 Å². The summed E-state index contributed by atoms with van der Waals surface area (Å²) in [6, 6.07) is 13.9. The number of rotatable bonds is 5. The van der Waals surface area contributed by atoms with E-state index in [-0.39, 0.29) is 11.8 Å². The Balaban J connectivity index is 1.44. The van der Waals surface area contributed by atoms with Crippen LogP contribution >= 0.6 is 0 Å². The quantitative estimate of drug-likeness (QED) is 0.894. The molecule has 0 spiro atoms. The van der Waals surface area contributed by atoms with Crippen molar-refractivity contribution in [2.24, 2.45) is 0 Å². The molecule has 1 aliphatic rings. The van der Waals surface area contributed by atoms with Gasteiger partial charge in [-0.2, -0.15) is 0 Å². The molecule has 0 saturated carbocycles. The topological polar surface area (TPSA) is 44.8 Å². The van der Waals surface area contributed by atoms with Crippen molar-refractivity contribution in [1.82, 2.24) is 9.80 Å². The second-order valence-corrected chi connectivity index (χ2v) is 6.37. The van der Waals surface area contributed by atoms with Gasteiger partial charge in [-0.1, -0.05) is 18.2 Å². The Morgan fingerprint density at radius 3 is 2.62 bits per heavy atom. The first-order valence-electron chi connectivity index (χ1n) is 8.81. The third-order valence-corrected chi connectivity index (χ3v) is 4.59. The molecule has 0 unspecified atom stereocenters. The van der Waals surface area contributed by atoms with E-state index >= 15 is 0 Å². The number of methoxy groups -OCH3 is 1. The van der Waals surface area contributed by atoms with Gasteiger partial charge in [0.2, 0.25) is 0 Å². The van der Waals surface area contributed by atoms with Crippen LogP contribution in [0.5, 0.6) is 5.75 Å². The average Bonchev–Trinajstić information content (AvgIpc) is 2.67. The predicted molar refractivity (Wildman–Crippen MR) is 100 cm³/mol. The SMILES string of the molecule is COc1cccc(CCN2CCN(C(=O)Nc3cccc(F)c3)CC2)c1. The number of anilines is 1. The van der Waals surface area contributed by atoms with E-state index in [0.717, 1.165) is 31.8 Å². The molecule has 1 fully saturated rings. The van der Waals surface area contributed by atoms with E-state index in [0.29, 0.717) is 18.8 Å². The highest BCUT2D eigenvalue weighted by Gasteiger charge is 2.21. The first kappa shape index (κ1) is 18.2. The molecule has 2 aromatic rings. The monoisotopic (exact) mass is 357 g/mol. The van der Waals surface area contributed by atoms with Crippen molar-refractivity contribution in [3.05, 3.63) is 59.9 Å². The number of benzene rings is 2. The Labute approximate surface area is 153 Å². The van der Waals surface area contributed by atoms with Crippen molar-refractivity contribution in [3.63, 3.8) is 0 Å². The summed E-state index contributed by atoms with van der Waals surface area (Å²) in [5.74, 6) is 0.520. The van der Waals surface area contributed by atoms with E-state index in [9.17, 15) is 9.18 Å². The summed E-state index contributed by atoms with van der Waals surface area (Å²) in [6.07, 6.45) is 0.951. The summed E-state index contributed by atoms with van der Waals surface area (Å²) in [7, 11) is 1.67. The fourth-order valence-electron chi connectivity index (χ4n) is 3.06. The number of piperazine rings is 1. The summed E-state index contributed by atoms with van der Waals surface area (Å²) in [5, 5.41) is 2.75. The first-order chi connectivity index (χ1) is 12.6. The fraction of sp³-hybridized carbons (Fsp3) is 0.350. The predicted octanol–water partition coefficient (Wildman–Crippen LogP) is 3.23. The minimum absolute atomic E-state index is 0.178. The molecule has 5 nitrogen and oxygen atoms in total. The average molecular weight is 357 g/mol. The molecule has 2 amide bonds. The lowest BCUT2D eigenvalue weighted by Gasteiger charge is -2.34. The van der Waals surface area contributed by atoms with Crippen LogP contribution in [0.2, 0.25) is 0 Å². The zero-order valence-corrected chi connectivity index (χ0v) is 15.0. The van der Waals surface area contributed by atoms with Crippen LogP contribution in [0.25, 0.3) is 0 Å². The van der Waals surface area contributed by atoms with Crippen molar-refractivity contribution in [2.45, 2.75) is 6.42 Å². The second kappa shape index (κ2) is 8.67. The minimum atomic E-state index is -0.356. The molecule has 138 valence electrons. The van der Waals surface area contributed by atoms with Gasteiger partial charge in [0.25, 0.3) is 0 Å². The highest BCUT2D eigenvalue weighted by Crippen LogP contribution is 2.14. The van der Waals surface area contributed by atoms with Crippen LogP contribution in [0.4, 0.5) is 14.9 Å². The second-order valence-electron chi connectivity index (χ2n) is 6.37. The Kier molecular flexibility index (Phi) is 6.07. The van der Waals surface area contributed by atoms with Crippen molar-refractivity contribution in [3.8, 4) is 5.75 Å². The number of hydrogen-bond donors (Lipinski definition) is 1. The maximum absolute atomic E-state index is 13.2. The Bertz CT molecular complexity index is 745. The number of urea groups is 1. The van der Waals surface area contributed by atoms with Gasteiger partial charge in [-0.15, -0.1) is 0 Å². The normalized spacial score (nSPS) is 14.9. The van der Waals surface area contributed by atoms with Gasteiger partial charge in [-0.25, -0.2) is 9.18 Å². The maximum atomic E-state index is 13.2. The number of carbonyl (C=O) groups is 1. The van der Waals surface area contributed by atoms with Gasteiger partial charge < -0.3 is 15.0 Å². The Morgan fingerprint density at radius 1 is 1.12 bits per heavy atom. The Hall–Kier alpha value is -2.60. The summed E-state index contributed by atoms with van der Waals surface area (Å²) in [5.41, 5.74) is 1.73. The molecule has 0 aromatic heterocycles. The molecule has 1 heterocycles. The van der Waals surface area contributed by atoms with Gasteiger partial charge in [-0.3, -0.25) is 4.90 Å². The minimum Gasteiger partial charge on any atom is -0.497 e. The molecule has 1 saturated heterocycles. The van der Waals surface area contributed by atoms with Gasteiger partial charge in [0.05, 0.1) is 7.11 Å². The van der Waals surface area contributed by atoms with Gasteiger partial charge in [0.15, 0.2) is 0 Å². The van der Waals surface area contributed by atoms with Crippen LogP contribution in [-0.4, -0.2) is 55.7 Å². The van der Waals surface area contributed by atoms with Crippen LogP contribution in [0.3, 0.4) is 0 Å². The van der Waals surface area contributed by atoms with Crippen LogP contribution in [0.1, 0.15) is 5.56 Å². The molecule has 0 atom stereocenters. The third-order valence-electron chi connectivity index (χ3n) is 4.59. The van der Waals surface area contributed by atoms with Crippen LogP contribution in [0, 0.1) is 5.82 Å². The van der Waals surface area contributed by atoms with Gasteiger partial charge in [0, 0.05) is 38.4 Å². The molecular weight excluding hydrogens is 333 g/mol. The van der Waals surface area contributed by atoms with Gasteiger partial charge >= 0.3 is 6.03 Å².